The van der Waals surface area contributed by atoms with Crippen LogP contribution in [-0.4, -0.2) is 104 Å². The third kappa shape index (κ3) is 14.8. The van der Waals surface area contributed by atoms with Gasteiger partial charge in [0, 0.05) is 23.2 Å². The monoisotopic (exact) mass is 897 g/mol. The molecule has 4 aromatic rings. The molecule has 356 valence electrons. The number of aromatic nitrogens is 4. The smallest absolute Gasteiger partial charge is 0.308 e. The molecule has 4 aliphatic rings. The van der Waals surface area contributed by atoms with Gasteiger partial charge in [0.15, 0.2) is 0 Å². The highest BCUT2D eigenvalue weighted by Crippen LogP contribution is 2.39. The standard InChI is InChI=1S/C26H37N3O3.C16H19N3O3.C10H20O/c1-26(2,3)20-5-7-21(8-6-20)32-22-9-10-23-19(15-22)16-27-24(28-23)17-29-13-11-18(12-14-29)25(30)31-4;1-22-16(21)11-4-6-19(7-5-11)10-15-17-9-12-8-13(20)2-3-14(12)18-15;1-10(2,3)8-4-6-9(11)7-5-8/h9-10,15-16,18,20-21H,5-8,11-14,17H2,1-4H3;2-3,8-9,11,20H,4-7,10H2,1H3;8-9,11H,4-7H2,1-3H3. The Balaban J connectivity index is 0.000000182. The van der Waals surface area contributed by atoms with Gasteiger partial charge in [-0.2, -0.15) is 0 Å². The van der Waals surface area contributed by atoms with Gasteiger partial charge < -0.3 is 24.4 Å². The third-order valence-corrected chi connectivity index (χ3v) is 14.3. The number of ether oxygens (including phenoxy) is 3. The van der Waals surface area contributed by atoms with Crippen molar-refractivity contribution in [1.29, 1.82) is 0 Å². The predicted octanol–water partition coefficient (Wildman–Crippen LogP) is 9.30. The molecule has 0 atom stereocenters. The zero-order chi connectivity index (χ0) is 46.7. The van der Waals surface area contributed by atoms with Crippen LogP contribution in [0.15, 0.2) is 48.8 Å². The number of aromatic hydroxyl groups is 1. The van der Waals surface area contributed by atoms with Gasteiger partial charge in [-0.25, -0.2) is 19.9 Å². The number of aliphatic hydroxyl groups excluding tert-OH is 1. The van der Waals surface area contributed by atoms with Gasteiger partial charge in [-0.05, 0) is 162 Å². The van der Waals surface area contributed by atoms with Crippen LogP contribution in [0.2, 0.25) is 0 Å². The zero-order valence-corrected chi connectivity index (χ0v) is 40.4. The van der Waals surface area contributed by atoms with Gasteiger partial charge in [0.25, 0.3) is 0 Å². The Morgan fingerprint density at radius 3 is 1.49 bits per heavy atom. The number of likely N-dealkylation sites (tertiary alicyclic amines) is 2. The molecular weight excluding hydrogens is 821 g/mol. The molecule has 13 heteroatoms. The fraction of sp³-hybridized carbons (Fsp3) is 0.654. The lowest BCUT2D eigenvalue weighted by atomic mass is 9.72. The Kier molecular flexibility index (Phi) is 17.5. The van der Waals surface area contributed by atoms with Crippen molar-refractivity contribution >= 4 is 33.7 Å². The van der Waals surface area contributed by atoms with Crippen LogP contribution in [0.25, 0.3) is 21.8 Å². The van der Waals surface area contributed by atoms with E-state index in [1.807, 2.05) is 18.3 Å². The lowest BCUT2D eigenvalue weighted by Gasteiger charge is -2.36. The van der Waals surface area contributed by atoms with Gasteiger partial charge in [0.1, 0.15) is 23.1 Å². The van der Waals surface area contributed by atoms with Crippen LogP contribution in [0.1, 0.15) is 130 Å². The van der Waals surface area contributed by atoms with Crippen molar-refractivity contribution in [2.75, 3.05) is 40.4 Å². The Hall–Kier alpha value is -4.46. The second-order valence-electron chi connectivity index (χ2n) is 21.0. The number of phenolic OH excluding ortho intramolecular Hbond substituents is 1. The third-order valence-electron chi connectivity index (χ3n) is 14.3. The van der Waals surface area contributed by atoms with E-state index in [2.05, 4.69) is 72.4 Å². The van der Waals surface area contributed by atoms with E-state index in [0.29, 0.717) is 30.0 Å². The molecule has 2 aliphatic carbocycles. The zero-order valence-electron chi connectivity index (χ0n) is 40.4. The van der Waals surface area contributed by atoms with E-state index in [0.717, 1.165) is 129 Å². The second-order valence-corrected chi connectivity index (χ2v) is 21.0. The Bertz CT molecular complexity index is 2140. The van der Waals surface area contributed by atoms with Crippen LogP contribution in [0.3, 0.4) is 0 Å². The van der Waals surface area contributed by atoms with E-state index in [4.69, 9.17) is 19.2 Å². The van der Waals surface area contributed by atoms with Crippen LogP contribution in [0.4, 0.5) is 0 Å². The van der Waals surface area contributed by atoms with Crippen LogP contribution >= 0.6 is 0 Å². The molecule has 0 amide bonds. The molecule has 4 heterocycles. The molecule has 0 radical (unpaired) electrons. The number of benzene rings is 2. The van der Waals surface area contributed by atoms with Crippen molar-refractivity contribution in [3.8, 4) is 11.5 Å². The van der Waals surface area contributed by atoms with Crippen molar-refractivity contribution < 1.29 is 34.0 Å². The van der Waals surface area contributed by atoms with E-state index in [1.165, 1.54) is 39.9 Å². The molecule has 65 heavy (non-hydrogen) atoms. The average molecular weight is 897 g/mol. The highest BCUT2D eigenvalue weighted by Gasteiger charge is 2.32. The van der Waals surface area contributed by atoms with Crippen molar-refractivity contribution in [2.24, 2.45) is 34.5 Å². The average Bonchev–Trinajstić information content (AvgIpc) is 3.29. The number of hydrogen-bond acceptors (Lipinski definition) is 13. The van der Waals surface area contributed by atoms with Crippen LogP contribution in [0, 0.1) is 34.5 Å². The van der Waals surface area contributed by atoms with E-state index < -0.39 is 0 Å². The Morgan fingerprint density at radius 1 is 0.615 bits per heavy atom. The van der Waals surface area contributed by atoms with Crippen molar-refractivity contribution in [3.63, 3.8) is 0 Å². The maximum Gasteiger partial charge on any atom is 0.308 e. The van der Waals surface area contributed by atoms with Gasteiger partial charge in [0.05, 0.1) is 62.4 Å². The summed E-state index contributed by atoms with van der Waals surface area (Å²) in [5, 5.41) is 20.6. The number of nitrogens with zero attached hydrogens (tertiary/aromatic N) is 6. The number of rotatable bonds is 8. The molecule has 2 saturated heterocycles. The van der Waals surface area contributed by atoms with Gasteiger partial charge in [-0.15, -0.1) is 0 Å². The molecule has 0 unspecified atom stereocenters. The van der Waals surface area contributed by atoms with Gasteiger partial charge in [0.2, 0.25) is 0 Å². The summed E-state index contributed by atoms with van der Waals surface area (Å²) in [6.07, 6.45) is 16.4. The summed E-state index contributed by atoms with van der Waals surface area (Å²) in [5.41, 5.74) is 2.61. The number of fused-ring (bicyclic) bond motifs is 2. The summed E-state index contributed by atoms with van der Waals surface area (Å²) in [5.74, 6) is 4.17. The molecular formula is C52H76N6O7. The molecule has 0 spiro atoms. The lowest BCUT2D eigenvalue weighted by Crippen LogP contribution is -2.36. The van der Waals surface area contributed by atoms with E-state index in [1.54, 1.807) is 24.4 Å². The highest BCUT2D eigenvalue weighted by atomic mass is 16.5. The minimum Gasteiger partial charge on any atom is -0.508 e. The maximum absolute atomic E-state index is 11.7. The molecule has 2 saturated carbocycles. The number of esters is 2. The molecule has 2 N–H and O–H groups in total. The van der Waals surface area contributed by atoms with Gasteiger partial charge in [-0.1, -0.05) is 41.5 Å². The SMILES string of the molecule is CC(C)(C)C1CCC(O)CC1.COC(=O)C1CCN(Cc2ncc3cc(O)ccc3n2)CC1.COC(=O)C1CCN(Cc2ncc3cc(OC4CCC(C(C)(C)C)CC4)ccc3n2)CC1. The van der Waals surface area contributed by atoms with Crippen LogP contribution < -0.4 is 4.74 Å². The number of hydrogen-bond donors (Lipinski definition) is 2. The summed E-state index contributed by atoms with van der Waals surface area (Å²) in [4.78, 5) is 46.0. The topological polar surface area (TPSA) is 160 Å². The Labute approximate surface area is 387 Å². The van der Waals surface area contributed by atoms with Crippen LogP contribution in [-0.2, 0) is 32.2 Å². The summed E-state index contributed by atoms with van der Waals surface area (Å²) in [7, 11) is 2.90. The minimum atomic E-state index is -0.110. The van der Waals surface area contributed by atoms with Gasteiger partial charge >= 0.3 is 11.9 Å². The molecule has 2 aliphatic heterocycles. The second kappa shape index (κ2) is 22.8. The lowest BCUT2D eigenvalue weighted by molar-refractivity contribution is -0.147. The first-order chi connectivity index (χ1) is 31.0. The van der Waals surface area contributed by atoms with Gasteiger partial charge in [-0.3, -0.25) is 19.4 Å². The van der Waals surface area contributed by atoms with Crippen molar-refractivity contribution in [3.05, 3.63) is 60.4 Å². The molecule has 0 bridgehead atoms. The number of phenols is 1. The highest BCUT2D eigenvalue weighted by molar-refractivity contribution is 5.80. The molecule has 8 rings (SSSR count). The first-order valence-corrected chi connectivity index (χ1v) is 24.1. The maximum atomic E-state index is 11.7. The van der Waals surface area contributed by atoms with E-state index in [9.17, 15) is 19.8 Å². The predicted molar refractivity (Wildman–Crippen MR) is 254 cm³/mol. The van der Waals surface area contributed by atoms with E-state index in [-0.39, 0.29) is 35.6 Å². The fourth-order valence-electron chi connectivity index (χ4n) is 9.90. The summed E-state index contributed by atoms with van der Waals surface area (Å²) >= 11 is 0. The molecule has 4 fully saturated rings. The summed E-state index contributed by atoms with van der Waals surface area (Å²) in [6.45, 7) is 18.7. The first kappa shape index (κ1) is 50.0. The molecule has 2 aromatic heterocycles. The minimum absolute atomic E-state index is 0.00593. The summed E-state index contributed by atoms with van der Waals surface area (Å²) < 4.78 is 16.0. The number of aliphatic hydroxyl groups is 1. The molecule has 13 nitrogen and oxygen atoms in total. The first-order valence-electron chi connectivity index (χ1n) is 24.1. The molecule has 2 aromatic carbocycles. The van der Waals surface area contributed by atoms with Crippen molar-refractivity contribution in [1.82, 2.24) is 29.7 Å². The fourth-order valence-corrected chi connectivity index (χ4v) is 9.90. The van der Waals surface area contributed by atoms with Crippen molar-refractivity contribution in [2.45, 2.75) is 144 Å². The quantitative estimate of drug-likeness (QED) is 0.161. The number of carbonyl (C=O) groups excluding carboxylic acids is 2. The normalized spacial score (nSPS) is 22.8. The number of carbonyl (C=O) groups is 2. The number of piperidine rings is 2. The van der Waals surface area contributed by atoms with Crippen LogP contribution in [0.5, 0.6) is 11.5 Å². The largest absolute Gasteiger partial charge is 0.508 e. The summed E-state index contributed by atoms with van der Waals surface area (Å²) in [6, 6.07) is 11.2. The Morgan fingerprint density at radius 2 is 1.05 bits per heavy atom. The number of methoxy groups -OCH3 is 2. The van der Waals surface area contributed by atoms with E-state index >= 15 is 0 Å².